The van der Waals surface area contributed by atoms with Gasteiger partial charge in [0.15, 0.2) is 5.82 Å². The van der Waals surface area contributed by atoms with E-state index < -0.39 is 0 Å². The van der Waals surface area contributed by atoms with Crippen molar-refractivity contribution in [1.29, 1.82) is 0 Å². The fourth-order valence-corrected chi connectivity index (χ4v) is 5.31. The summed E-state index contributed by atoms with van der Waals surface area (Å²) in [4.78, 5) is 18.8. The number of aromatic nitrogens is 5. The summed E-state index contributed by atoms with van der Waals surface area (Å²) in [6.45, 7) is 8.92. The molecule has 0 aliphatic carbocycles. The molecule has 1 saturated heterocycles. The zero-order valence-electron chi connectivity index (χ0n) is 22.0. The highest BCUT2D eigenvalue weighted by Gasteiger charge is 2.28. The van der Waals surface area contributed by atoms with Gasteiger partial charge in [0.25, 0.3) is 5.56 Å². The number of tetrazole rings is 1. The first-order chi connectivity index (χ1) is 18.0. The normalized spacial score (nSPS) is 16.6. The van der Waals surface area contributed by atoms with E-state index in [1.165, 1.54) is 11.1 Å². The molecule has 0 spiro atoms. The zero-order chi connectivity index (χ0) is 25.8. The summed E-state index contributed by atoms with van der Waals surface area (Å²) in [6.07, 6.45) is 4.08. The number of rotatable bonds is 10. The standard InChI is InChI=1S/C29H36N6O2/c1-4-9-26(28-31-32-33-35(28)19-25-12-8-15-37-25)34(17-22-10-6-5-7-11-22)18-24-16-23-14-13-20(2)21(3)27(23)30-29(24)36/h5-7,10-11,13-14,16,25-26H,4,8-9,12,15,17-19H2,1-3H3,(H,30,36)/t25-,26+/m0/s1. The van der Waals surface area contributed by atoms with Crippen molar-refractivity contribution in [2.24, 2.45) is 0 Å². The lowest BCUT2D eigenvalue weighted by Gasteiger charge is -2.31. The maximum absolute atomic E-state index is 13.3. The van der Waals surface area contributed by atoms with Crippen molar-refractivity contribution in [3.63, 3.8) is 0 Å². The minimum absolute atomic E-state index is 0.0449. The summed E-state index contributed by atoms with van der Waals surface area (Å²) in [6, 6.07) is 16.6. The summed E-state index contributed by atoms with van der Waals surface area (Å²) >= 11 is 0. The van der Waals surface area contributed by atoms with E-state index in [-0.39, 0.29) is 17.7 Å². The van der Waals surface area contributed by atoms with Crippen LogP contribution in [-0.2, 0) is 24.4 Å². The number of fused-ring (bicyclic) bond motifs is 1. The number of ether oxygens (including phenoxy) is 1. The molecular weight excluding hydrogens is 464 g/mol. The Bertz CT molecular complexity index is 1390. The van der Waals surface area contributed by atoms with E-state index in [9.17, 15) is 4.79 Å². The Morgan fingerprint density at radius 1 is 1.16 bits per heavy atom. The van der Waals surface area contributed by atoms with Crippen molar-refractivity contribution < 1.29 is 4.74 Å². The minimum atomic E-state index is -0.0477. The smallest absolute Gasteiger partial charge is 0.252 e. The average molecular weight is 501 g/mol. The Balaban J connectivity index is 1.52. The van der Waals surface area contributed by atoms with Gasteiger partial charge in [0, 0.05) is 25.3 Å². The van der Waals surface area contributed by atoms with E-state index >= 15 is 0 Å². The van der Waals surface area contributed by atoms with Crippen LogP contribution in [0.3, 0.4) is 0 Å². The van der Waals surface area contributed by atoms with Gasteiger partial charge in [-0.3, -0.25) is 9.69 Å². The first-order valence-corrected chi connectivity index (χ1v) is 13.3. The number of aryl methyl sites for hydroxylation is 2. The molecule has 3 heterocycles. The number of nitrogens with zero attached hydrogens (tertiary/aromatic N) is 5. The topological polar surface area (TPSA) is 88.9 Å². The van der Waals surface area contributed by atoms with Gasteiger partial charge < -0.3 is 9.72 Å². The molecule has 0 amide bonds. The molecule has 5 rings (SSSR count). The molecule has 1 fully saturated rings. The van der Waals surface area contributed by atoms with E-state index in [0.717, 1.165) is 60.1 Å². The lowest BCUT2D eigenvalue weighted by molar-refractivity contribution is 0.0885. The second-order valence-electron chi connectivity index (χ2n) is 10.1. The highest BCUT2D eigenvalue weighted by Crippen LogP contribution is 2.29. The summed E-state index contributed by atoms with van der Waals surface area (Å²) < 4.78 is 7.78. The van der Waals surface area contributed by atoms with Crippen LogP contribution in [0.25, 0.3) is 10.9 Å². The molecule has 8 heteroatoms. The predicted molar refractivity (Wildman–Crippen MR) is 144 cm³/mol. The SMILES string of the molecule is CCC[C@H](c1nnnn1C[C@@H]1CCCO1)N(Cc1ccccc1)Cc1cc2ccc(C)c(C)c2[nH]c1=O. The number of H-pyrrole nitrogens is 1. The van der Waals surface area contributed by atoms with Crippen LogP contribution in [0, 0.1) is 13.8 Å². The van der Waals surface area contributed by atoms with E-state index in [4.69, 9.17) is 4.74 Å². The second-order valence-corrected chi connectivity index (χ2v) is 10.1. The summed E-state index contributed by atoms with van der Waals surface area (Å²) in [7, 11) is 0. The van der Waals surface area contributed by atoms with Gasteiger partial charge in [-0.25, -0.2) is 4.68 Å². The Morgan fingerprint density at radius 2 is 2.00 bits per heavy atom. The molecule has 4 aromatic rings. The predicted octanol–water partition coefficient (Wildman–Crippen LogP) is 4.85. The second kappa shape index (κ2) is 11.4. The summed E-state index contributed by atoms with van der Waals surface area (Å²) in [5.41, 5.74) is 5.07. The number of hydrogen-bond donors (Lipinski definition) is 1. The van der Waals surface area contributed by atoms with Crippen molar-refractivity contribution in [2.45, 2.75) is 78.2 Å². The van der Waals surface area contributed by atoms with E-state index in [2.05, 4.69) is 82.6 Å². The lowest BCUT2D eigenvalue weighted by Crippen LogP contribution is -2.33. The number of benzene rings is 2. The van der Waals surface area contributed by atoms with Gasteiger partial charge in [0.05, 0.1) is 24.2 Å². The number of hydrogen-bond acceptors (Lipinski definition) is 6. The summed E-state index contributed by atoms with van der Waals surface area (Å²) in [5.74, 6) is 0.831. The van der Waals surface area contributed by atoms with E-state index in [1.807, 2.05) is 16.8 Å². The first kappa shape index (κ1) is 25.3. The van der Waals surface area contributed by atoms with Gasteiger partial charge >= 0.3 is 0 Å². The molecule has 1 N–H and O–H groups in total. The Kier molecular flexibility index (Phi) is 7.76. The Hall–Kier alpha value is -3.36. The Labute approximate surface area is 217 Å². The van der Waals surface area contributed by atoms with Gasteiger partial charge in [-0.05, 0) is 71.7 Å². The molecule has 0 saturated carbocycles. The van der Waals surface area contributed by atoms with Crippen LogP contribution in [0.5, 0.6) is 0 Å². The largest absolute Gasteiger partial charge is 0.376 e. The lowest BCUT2D eigenvalue weighted by atomic mass is 10.0. The van der Waals surface area contributed by atoms with Crippen molar-refractivity contribution in [3.05, 3.63) is 87.0 Å². The molecule has 1 aliphatic heterocycles. The Morgan fingerprint density at radius 3 is 2.76 bits per heavy atom. The fraction of sp³-hybridized carbons (Fsp3) is 0.448. The van der Waals surface area contributed by atoms with Crippen LogP contribution in [0.1, 0.15) is 66.7 Å². The highest BCUT2D eigenvalue weighted by atomic mass is 16.5. The molecule has 8 nitrogen and oxygen atoms in total. The van der Waals surface area contributed by atoms with E-state index in [0.29, 0.717) is 19.6 Å². The molecule has 37 heavy (non-hydrogen) atoms. The molecule has 194 valence electrons. The van der Waals surface area contributed by atoms with Crippen molar-refractivity contribution in [2.75, 3.05) is 6.61 Å². The van der Waals surface area contributed by atoms with Gasteiger partial charge in [-0.2, -0.15) is 0 Å². The molecule has 2 atom stereocenters. The minimum Gasteiger partial charge on any atom is -0.376 e. The highest BCUT2D eigenvalue weighted by molar-refractivity contribution is 5.83. The van der Waals surface area contributed by atoms with Crippen LogP contribution in [0.2, 0.25) is 0 Å². The maximum atomic E-state index is 13.3. The monoisotopic (exact) mass is 500 g/mol. The first-order valence-electron chi connectivity index (χ1n) is 13.3. The third-order valence-corrected chi connectivity index (χ3v) is 7.49. The fourth-order valence-electron chi connectivity index (χ4n) is 5.31. The van der Waals surface area contributed by atoms with Crippen LogP contribution in [-0.4, -0.2) is 42.8 Å². The van der Waals surface area contributed by atoms with Gasteiger partial charge in [-0.15, -0.1) is 5.10 Å². The van der Waals surface area contributed by atoms with E-state index in [1.54, 1.807) is 0 Å². The molecular formula is C29H36N6O2. The van der Waals surface area contributed by atoms with Crippen LogP contribution >= 0.6 is 0 Å². The zero-order valence-corrected chi connectivity index (χ0v) is 22.0. The van der Waals surface area contributed by atoms with Crippen molar-refractivity contribution >= 4 is 10.9 Å². The quantitative estimate of drug-likeness (QED) is 0.335. The van der Waals surface area contributed by atoms with Crippen LogP contribution in [0.15, 0.2) is 53.3 Å². The molecule has 0 radical (unpaired) electrons. The molecule has 0 bridgehead atoms. The average Bonchev–Trinajstić information content (AvgIpc) is 3.59. The number of nitrogens with one attached hydrogen (secondary N) is 1. The van der Waals surface area contributed by atoms with Gasteiger partial charge in [-0.1, -0.05) is 55.8 Å². The number of aromatic amines is 1. The van der Waals surface area contributed by atoms with Crippen LogP contribution in [0.4, 0.5) is 0 Å². The molecule has 0 unspecified atom stereocenters. The van der Waals surface area contributed by atoms with Crippen molar-refractivity contribution in [1.82, 2.24) is 30.1 Å². The number of pyridine rings is 1. The summed E-state index contributed by atoms with van der Waals surface area (Å²) in [5, 5.41) is 13.9. The molecule has 2 aromatic carbocycles. The maximum Gasteiger partial charge on any atom is 0.252 e. The van der Waals surface area contributed by atoms with Crippen molar-refractivity contribution in [3.8, 4) is 0 Å². The molecule has 1 aliphatic rings. The van der Waals surface area contributed by atoms with Gasteiger partial charge in [0.2, 0.25) is 0 Å². The third kappa shape index (κ3) is 5.65. The van der Waals surface area contributed by atoms with Gasteiger partial charge in [0.1, 0.15) is 0 Å². The molecule has 2 aromatic heterocycles. The van der Waals surface area contributed by atoms with Crippen LogP contribution < -0.4 is 5.56 Å². The third-order valence-electron chi connectivity index (χ3n) is 7.49.